The van der Waals surface area contributed by atoms with E-state index in [1.54, 1.807) is 23.5 Å². The first-order chi connectivity index (χ1) is 10.2. The molecule has 0 aliphatic heterocycles. The first kappa shape index (κ1) is 16.5. The number of hydrogen-bond donors (Lipinski definition) is 0. The first-order valence-electron chi connectivity index (χ1n) is 7.31. The van der Waals surface area contributed by atoms with Crippen molar-refractivity contribution in [3.8, 4) is 0 Å². The minimum atomic E-state index is 0.00840. The molecule has 1 atom stereocenters. The van der Waals surface area contributed by atoms with Gasteiger partial charge in [0, 0.05) is 23.2 Å². The van der Waals surface area contributed by atoms with E-state index in [4.69, 9.17) is 0 Å². The summed E-state index contributed by atoms with van der Waals surface area (Å²) in [5.74, 6) is 1.09. The second-order valence-corrected chi connectivity index (χ2v) is 7.56. The Morgan fingerprint density at radius 3 is 2.62 bits per heavy atom. The van der Waals surface area contributed by atoms with Gasteiger partial charge in [0.15, 0.2) is 0 Å². The van der Waals surface area contributed by atoms with Crippen molar-refractivity contribution in [1.29, 1.82) is 0 Å². The third kappa shape index (κ3) is 4.82. The summed E-state index contributed by atoms with van der Waals surface area (Å²) in [6, 6.07) is 8.98. The molecule has 21 heavy (non-hydrogen) atoms. The third-order valence-electron chi connectivity index (χ3n) is 3.59. The van der Waals surface area contributed by atoms with Crippen molar-refractivity contribution in [3.05, 3.63) is 42.5 Å². The second-order valence-electron chi connectivity index (χ2n) is 5.31. The summed E-state index contributed by atoms with van der Waals surface area (Å²) in [5, 5.41) is 0.00840. The van der Waals surface area contributed by atoms with Crippen molar-refractivity contribution in [2.24, 2.45) is 0 Å². The Morgan fingerprint density at radius 2 is 2.10 bits per heavy atom. The zero-order chi connectivity index (χ0) is 15.2. The smallest absolute Gasteiger partial charge is 0.235 e. The van der Waals surface area contributed by atoms with E-state index in [9.17, 15) is 4.79 Å². The lowest BCUT2D eigenvalue weighted by Crippen LogP contribution is -2.37. The Labute approximate surface area is 136 Å². The van der Waals surface area contributed by atoms with Crippen LogP contribution < -0.4 is 0 Å². The minimum absolute atomic E-state index is 0.00840. The lowest BCUT2D eigenvalue weighted by molar-refractivity contribution is -0.131. The molecule has 1 saturated carbocycles. The van der Waals surface area contributed by atoms with Gasteiger partial charge in [0.2, 0.25) is 5.91 Å². The van der Waals surface area contributed by atoms with Crippen LogP contribution in [0.15, 0.2) is 41.8 Å². The van der Waals surface area contributed by atoms with Crippen LogP contribution in [0.25, 0.3) is 0 Å². The predicted molar refractivity (Wildman–Crippen MR) is 93.9 cm³/mol. The number of thioether (sulfide) groups is 2. The van der Waals surface area contributed by atoms with E-state index < -0.39 is 0 Å². The highest BCUT2D eigenvalue weighted by Crippen LogP contribution is 2.30. The molecule has 1 aromatic carbocycles. The number of benzene rings is 1. The predicted octanol–water partition coefficient (Wildman–Crippen LogP) is 4.21. The molecule has 0 aromatic heterocycles. The van der Waals surface area contributed by atoms with Crippen LogP contribution in [0.3, 0.4) is 0 Å². The van der Waals surface area contributed by atoms with Crippen molar-refractivity contribution in [1.82, 2.24) is 4.90 Å². The molecule has 2 nitrogen and oxygen atoms in total. The van der Waals surface area contributed by atoms with Gasteiger partial charge in [-0.15, -0.1) is 30.1 Å². The van der Waals surface area contributed by atoms with Crippen molar-refractivity contribution < 1.29 is 4.79 Å². The fourth-order valence-electron chi connectivity index (χ4n) is 2.22. The summed E-state index contributed by atoms with van der Waals surface area (Å²) >= 11 is 3.40. The number of rotatable bonds is 8. The number of amides is 1. The van der Waals surface area contributed by atoms with Gasteiger partial charge in [0.25, 0.3) is 0 Å². The molecule has 1 aliphatic rings. The largest absolute Gasteiger partial charge is 0.334 e. The lowest BCUT2D eigenvalue weighted by atomic mass is 10.2. The molecule has 1 aliphatic carbocycles. The lowest BCUT2D eigenvalue weighted by Gasteiger charge is -2.25. The zero-order valence-corrected chi connectivity index (χ0v) is 14.4. The average Bonchev–Trinajstić information content (AvgIpc) is 3.34. The normalized spacial score (nSPS) is 15.5. The van der Waals surface area contributed by atoms with Gasteiger partial charge in [-0.3, -0.25) is 4.79 Å². The molecule has 2 rings (SSSR count). The van der Waals surface area contributed by atoms with Crippen LogP contribution in [0, 0.1) is 0 Å². The molecular formula is C17H23NOS2. The van der Waals surface area contributed by atoms with Gasteiger partial charge in [-0.2, -0.15) is 0 Å². The second kappa shape index (κ2) is 7.95. The van der Waals surface area contributed by atoms with E-state index in [1.165, 1.54) is 10.5 Å². The molecule has 0 heterocycles. The van der Waals surface area contributed by atoms with Crippen LogP contribution in [0.1, 0.15) is 25.3 Å². The van der Waals surface area contributed by atoms with Gasteiger partial charge < -0.3 is 4.90 Å². The van der Waals surface area contributed by atoms with Crippen molar-refractivity contribution in [2.45, 2.75) is 42.5 Å². The molecule has 0 bridgehead atoms. The molecule has 1 amide bonds. The maximum absolute atomic E-state index is 12.6. The molecule has 0 spiro atoms. The van der Waals surface area contributed by atoms with E-state index in [0.29, 0.717) is 6.04 Å². The van der Waals surface area contributed by atoms with Gasteiger partial charge in [0.05, 0.1) is 5.25 Å². The van der Waals surface area contributed by atoms with Crippen LogP contribution in [0.5, 0.6) is 0 Å². The summed E-state index contributed by atoms with van der Waals surface area (Å²) in [5.41, 5.74) is 1.22. The molecule has 4 heteroatoms. The van der Waals surface area contributed by atoms with Gasteiger partial charge >= 0.3 is 0 Å². The van der Waals surface area contributed by atoms with Gasteiger partial charge in [0.1, 0.15) is 0 Å². The molecule has 114 valence electrons. The topological polar surface area (TPSA) is 20.3 Å². The highest BCUT2D eigenvalue weighted by molar-refractivity contribution is 8.00. The van der Waals surface area contributed by atoms with Gasteiger partial charge in [-0.05, 0) is 43.7 Å². The number of carbonyl (C=O) groups is 1. The summed E-state index contributed by atoms with van der Waals surface area (Å²) in [4.78, 5) is 16.0. The fourth-order valence-corrected chi connectivity index (χ4v) is 3.33. The monoisotopic (exact) mass is 321 g/mol. The first-order valence-corrected chi connectivity index (χ1v) is 9.59. The standard InChI is InChI=1S/C17H23NOS2/c1-4-11-21-13(2)17(19)18(15-7-8-15)12-14-5-9-16(20-3)10-6-14/h4-6,9-10,13,15H,1,7-8,11-12H2,2-3H3/t13-/m1/s1. The third-order valence-corrected chi connectivity index (χ3v) is 5.47. The maximum atomic E-state index is 12.6. The number of hydrogen-bond acceptors (Lipinski definition) is 3. The Morgan fingerprint density at radius 1 is 1.43 bits per heavy atom. The van der Waals surface area contributed by atoms with Crippen LogP contribution in [-0.4, -0.2) is 34.1 Å². The van der Waals surface area contributed by atoms with E-state index in [1.807, 2.05) is 13.0 Å². The van der Waals surface area contributed by atoms with Gasteiger partial charge in [-0.1, -0.05) is 18.2 Å². The summed E-state index contributed by atoms with van der Waals surface area (Å²) < 4.78 is 0. The molecule has 1 aromatic rings. The van der Waals surface area contributed by atoms with E-state index in [-0.39, 0.29) is 11.2 Å². The van der Waals surface area contributed by atoms with Crippen molar-refractivity contribution in [2.75, 3.05) is 12.0 Å². The quantitative estimate of drug-likeness (QED) is 0.528. The highest BCUT2D eigenvalue weighted by atomic mass is 32.2. The Hall–Kier alpha value is -0.870. The molecule has 1 fully saturated rings. The fraction of sp³-hybridized carbons (Fsp3) is 0.471. The zero-order valence-electron chi connectivity index (χ0n) is 12.7. The Balaban J connectivity index is 2.01. The van der Waals surface area contributed by atoms with Crippen LogP contribution in [0.2, 0.25) is 0 Å². The molecular weight excluding hydrogens is 298 g/mol. The summed E-state index contributed by atoms with van der Waals surface area (Å²) in [6.07, 6.45) is 6.23. The Bertz CT molecular complexity index is 482. The maximum Gasteiger partial charge on any atom is 0.235 e. The Kier molecular flexibility index (Phi) is 6.24. The van der Waals surface area contributed by atoms with Crippen LogP contribution in [0.4, 0.5) is 0 Å². The average molecular weight is 322 g/mol. The van der Waals surface area contributed by atoms with Crippen molar-refractivity contribution >= 4 is 29.4 Å². The minimum Gasteiger partial charge on any atom is -0.334 e. The SMILES string of the molecule is C=CCS[C@H](C)C(=O)N(Cc1ccc(SC)cc1)C1CC1. The van der Waals surface area contributed by atoms with E-state index in [0.717, 1.165) is 25.1 Å². The molecule has 0 unspecified atom stereocenters. The summed E-state index contributed by atoms with van der Waals surface area (Å²) in [6.45, 7) is 6.46. The molecule has 0 radical (unpaired) electrons. The van der Waals surface area contributed by atoms with Crippen LogP contribution in [-0.2, 0) is 11.3 Å². The van der Waals surface area contributed by atoms with Gasteiger partial charge in [-0.25, -0.2) is 0 Å². The number of nitrogens with zero attached hydrogens (tertiary/aromatic N) is 1. The summed E-state index contributed by atoms with van der Waals surface area (Å²) in [7, 11) is 0. The number of carbonyl (C=O) groups excluding carboxylic acids is 1. The molecule has 0 N–H and O–H groups in total. The molecule has 0 saturated heterocycles. The van der Waals surface area contributed by atoms with E-state index in [2.05, 4.69) is 42.0 Å². The van der Waals surface area contributed by atoms with Crippen LogP contribution >= 0.6 is 23.5 Å². The highest BCUT2D eigenvalue weighted by Gasteiger charge is 2.34. The van der Waals surface area contributed by atoms with E-state index >= 15 is 0 Å². The van der Waals surface area contributed by atoms with Crippen molar-refractivity contribution in [3.63, 3.8) is 0 Å².